The van der Waals surface area contributed by atoms with Crippen LogP contribution in [-0.2, 0) is 0 Å². The zero-order valence-electron chi connectivity index (χ0n) is 31.3. The molecular weight excluding hydrogens is 685 g/mol. The molecule has 262 valence electrons. The summed E-state index contributed by atoms with van der Waals surface area (Å²) in [4.78, 5) is 5.19. The Balaban J connectivity index is 1.30. The fraction of sp³-hybridized carbons (Fsp3) is 0. The van der Waals surface area contributed by atoms with Gasteiger partial charge in [0.05, 0.1) is 5.69 Å². The van der Waals surface area contributed by atoms with Crippen molar-refractivity contribution in [2.24, 2.45) is 0 Å². The number of nitrogens with zero attached hydrogens (tertiary/aromatic N) is 2. The SMILES string of the molecule is c1ccc(B2c3ccccc3B3c4ccccc4N(c4ccccc4)c4c3c2cc2c4B(c3ccccc3)c3ccccc3N2c2cccc3ccccc23)cc1. The second-order valence-electron chi connectivity index (χ2n) is 15.5. The predicted octanol–water partition coefficient (Wildman–Crippen LogP) is 6.27. The van der Waals surface area contributed by atoms with E-state index in [0.29, 0.717) is 0 Å². The van der Waals surface area contributed by atoms with Crippen LogP contribution in [0, 0.1) is 0 Å². The topological polar surface area (TPSA) is 6.48 Å². The standard InChI is InChI=1S/C52H35B3N2/c1-4-21-37(22-5-1)53-41-28-12-13-29-42(41)55-44-31-15-16-32-47(44)56(39-25-8-3-9-26-39)52-50(55)45(53)35-49-51(52)54(38-23-6-2-7-24-38)43-30-14-17-33-48(43)57(49)46-34-18-20-36-19-10-11-27-40(36)46/h1-35H. The van der Waals surface area contributed by atoms with Gasteiger partial charge in [0.25, 0.3) is 0 Å². The first-order chi connectivity index (χ1) is 28.3. The van der Waals surface area contributed by atoms with Crippen LogP contribution < -0.4 is 59.0 Å². The smallest absolute Gasteiger partial charge is 0.249 e. The van der Waals surface area contributed by atoms with Gasteiger partial charge in [-0.2, -0.15) is 0 Å². The lowest BCUT2D eigenvalue weighted by Crippen LogP contribution is -2.78. The first-order valence-corrected chi connectivity index (χ1v) is 20.1. The molecule has 3 aliphatic rings. The fourth-order valence-corrected chi connectivity index (χ4v) is 10.4. The van der Waals surface area contributed by atoms with Crippen molar-refractivity contribution in [2.45, 2.75) is 0 Å². The summed E-state index contributed by atoms with van der Waals surface area (Å²) in [5.74, 6) is 0. The first-order valence-electron chi connectivity index (χ1n) is 20.1. The maximum absolute atomic E-state index is 2.60. The molecule has 3 heterocycles. The van der Waals surface area contributed by atoms with Crippen molar-refractivity contribution in [1.82, 2.24) is 0 Å². The molecule has 0 aromatic heterocycles. The molecule has 0 bridgehead atoms. The van der Waals surface area contributed by atoms with Crippen molar-refractivity contribution in [3.05, 3.63) is 212 Å². The third-order valence-electron chi connectivity index (χ3n) is 12.6. The van der Waals surface area contributed by atoms with E-state index in [1.807, 2.05) is 0 Å². The normalized spacial score (nSPS) is 13.4. The van der Waals surface area contributed by atoms with Crippen molar-refractivity contribution in [1.29, 1.82) is 0 Å². The molecule has 0 fully saturated rings. The molecule has 0 atom stereocenters. The quantitative estimate of drug-likeness (QED) is 0.198. The van der Waals surface area contributed by atoms with Crippen molar-refractivity contribution in [2.75, 3.05) is 9.80 Å². The summed E-state index contributed by atoms with van der Waals surface area (Å²) in [6.45, 7) is 0.0860. The maximum atomic E-state index is 2.60. The van der Waals surface area contributed by atoms with E-state index in [0.717, 1.165) is 5.69 Å². The van der Waals surface area contributed by atoms with Crippen LogP contribution >= 0.6 is 0 Å². The summed E-state index contributed by atoms with van der Waals surface area (Å²) >= 11 is 0. The van der Waals surface area contributed by atoms with Crippen LogP contribution in [0.25, 0.3) is 10.8 Å². The Morgan fingerprint density at radius 2 is 0.789 bits per heavy atom. The summed E-state index contributed by atoms with van der Waals surface area (Å²) < 4.78 is 0. The number of fused-ring (bicyclic) bond motifs is 8. The van der Waals surface area contributed by atoms with Gasteiger partial charge in [0.15, 0.2) is 0 Å². The highest BCUT2D eigenvalue weighted by Gasteiger charge is 2.49. The van der Waals surface area contributed by atoms with Crippen LogP contribution in [0.2, 0.25) is 0 Å². The number of anilines is 6. The lowest BCUT2D eigenvalue weighted by molar-refractivity contribution is 1.27. The van der Waals surface area contributed by atoms with Gasteiger partial charge in [0.1, 0.15) is 0 Å². The molecule has 9 aromatic carbocycles. The van der Waals surface area contributed by atoms with Gasteiger partial charge in [-0.05, 0) is 63.6 Å². The van der Waals surface area contributed by atoms with Gasteiger partial charge in [-0.15, -0.1) is 0 Å². The van der Waals surface area contributed by atoms with E-state index in [1.165, 1.54) is 88.4 Å². The van der Waals surface area contributed by atoms with Crippen molar-refractivity contribution in [3.63, 3.8) is 0 Å². The lowest BCUT2D eigenvalue weighted by Gasteiger charge is -2.47. The summed E-state index contributed by atoms with van der Waals surface area (Å²) in [6.07, 6.45) is 0. The van der Waals surface area contributed by atoms with E-state index >= 15 is 0 Å². The van der Waals surface area contributed by atoms with Gasteiger partial charge in [0.2, 0.25) is 20.1 Å². The summed E-state index contributed by atoms with van der Waals surface area (Å²) in [5, 5.41) is 2.47. The highest BCUT2D eigenvalue weighted by Crippen LogP contribution is 2.43. The van der Waals surface area contributed by atoms with Crippen LogP contribution in [0.1, 0.15) is 0 Å². The van der Waals surface area contributed by atoms with Gasteiger partial charge < -0.3 is 9.80 Å². The molecule has 9 aromatic rings. The van der Waals surface area contributed by atoms with Crippen molar-refractivity contribution < 1.29 is 0 Å². The van der Waals surface area contributed by atoms with Crippen LogP contribution in [0.4, 0.5) is 34.1 Å². The highest BCUT2D eigenvalue weighted by atomic mass is 15.2. The van der Waals surface area contributed by atoms with Gasteiger partial charge in [-0.1, -0.05) is 203 Å². The summed E-state index contributed by atoms with van der Waals surface area (Å²) in [5.41, 5.74) is 19.4. The first kappa shape index (κ1) is 32.3. The zero-order valence-corrected chi connectivity index (χ0v) is 31.3. The number of rotatable bonds is 4. The largest absolute Gasteiger partial charge is 0.312 e. The molecule has 0 N–H and O–H groups in total. The lowest BCUT2D eigenvalue weighted by atomic mass is 9.19. The molecule has 0 radical (unpaired) electrons. The van der Waals surface area contributed by atoms with E-state index in [9.17, 15) is 0 Å². The second kappa shape index (κ2) is 12.8. The van der Waals surface area contributed by atoms with Crippen molar-refractivity contribution >= 4 is 114 Å². The summed E-state index contributed by atoms with van der Waals surface area (Å²) in [6, 6.07) is 79.2. The third kappa shape index (κ3) is 4.76. The molecule has 0 aliphatic carbocycles. The zero-order chi connectivity index (χ0) is 37.5. The molecule has 0 spiro atoms. The minimum Gasteiger partial charge on any atom is -0.312 e. The van der Waals surface area contributed by atoms with Crippen molar-refractivity contribution in [3.8, 4) is 0 Å². The third-order valence-corrected chi connectivity index (χ3v) is 12.6. The molecule has 12 rings (SSSR count). The predicted molar refractivity (Wildman–Crippen MR) is 247 cm³/mol. The van der Waals surface area contributed by atoms with E-state index in [4.69, 9.17) is 0 Å². The van der Waals surface area contributed by atoms with Gasteiger partial charge in [0, 0.05) is 33.8 Å². The number of hydrogen-bond donors (Lipinski definition) is 0. The molecule has 0 saturated heterocycles. The fourth-order valence-electron chi connectivity index (χ4n) is 10.4. The molecule has 0 unspecified atom stereocenters. The Bertz CT molecular complexity index is 2990. The van der Waals surface area contributed by atoms with Crippen LogP contribution in [0.15, 0.2) is 212 Å². The van der Waals surface area contributed by atoms with E-state index in [1.54, 1.807) is 0 Å². The molecule has 57 heavy (non-hydrogen) atoms. The number of para-hydroxylation sites is 3. The van der Waals surface area contributed by atoms with E-state index in [-0.39, 0.29) is 20.1 Å². The molecule has 0 saturated carbocycles. The molecule has 2 nitrogen and oxygen atoms in total. The number of hydrogen-bond acceptors (Lipinski definition) is 2. The maximum Gasteiger partial charge on any atom is 0.249 e. The average Bonchev–Trinajstić information content (AvgIpc) is 3.28. The van der Waals surface area contributed by atoms with Crippen LogP contribution in [0.5, 0.6) is 0 Å². The molecular formula is C52H35B3N2. The second-order valence-corrected chi connectivity index (χ2v) is 15.5. The molecule has 5 heteroatoms. The van der Waals surface area contributed by atoms with Gasteiger partial charge >= 0.3 is 0 Å². The minimum atomic E-state index is -0.0200. The Hall–Kier alpha value is -6.97. The van der Waals surface area contributed by atoms with Gasteiger partial charge in [-0.3, -0.25) is 0 Å². The van der Waals surface area contributed by atoms with E-state index in [2.05, 4.69) is 222 Å². The monoisotopic (exact) mass is 720 g/mol. The average molecular weight is 720 g/mol. The minimum absolute atomic E-state index is 0.0200. The Morgan fingerprint density at radius 1 is 0.298 bits per heavy atom. The number of benzene rings is 9. The van der Waals surface area contributed by atoms with Gasteiger partial charge in [-0.25, -0.2) is 0 Å². The summed E-state index contributed by atoms with van der Waals surface area (Å²) in [7, 11) is 0. The Morgan fingerprint density at radius 3 is 1.49 bits per heavy atom. The molecule has 3 aliphatic heterocycles. The van der Waals surface area contributed by atoms with Crippen LogP contribution in [-0.4, -0.2) is 20.1 Å². The Kier molecular flexibility index (Phi) is 7.25. The highest BCUT2D eigenvalue weighted by molar-refractivity contribution is 7.13. The molecule has 0 amide bonds. The van der Waals surface area contributed by atoms with Crippen LogP contribution in [0.3, 0.4) is 0 Å². The Labute approximate surface area is 334 Å². The van der Waals surface area contributed by atoms with E-state index < -0.39 is 0 Å².